The van der Waals surface area contributed by atoms with Crippen LogP contribution < -0.4 is 0 Å². The van der Waals surface area contributed by atoms with E-state index in [1.807, 2.05) is 0 Å². The molecule has 0 radical (unpaired) electrons. The fraction of sp³-hybridized carbons (Fsp3) is 0.286. The summed E-state index contributed by atoms with van der Waals surface area (Å²) in [7, 11) is 0. The first-order chi connectivity index (χ1) is 5.61. The van der Waals surface area contributed by atoms with E-state index in [0.29, 0.717) is 0 Å². The third-order valence-corrected chi connectivity index (χ3v) is 1.54. The van der Waals surface area contributed by atoms with E-state index >= 15 is 0 Å². The average molecular weight is 194 g/mol. The molecule has 5 heteroatoms. The molecule has 0 spiro atoms. The molecule has 0 aliphatic rings. The van der Waals surface area contributed by atoms with E-state index < -0.39 is 12.5 Å². The Labute approximate surface area is 72.8 Å². The van der Waals surface area contributed by atoms with E-state index in [9.17, 15) is 8.78 Å². The van der Waals surface area contributed by atoms with Crippen LogP contribution in [-0.2, 0) is 0 Å². The second-order valence-electron chi connectivity index (χ2n) is 2.19. The van der Waals surface area contributed by atoms with Crippen LogP contribution in [0.4, 0.5) is 8.78 Å². The standard InChI is InChI=1S/C7H6ClF2NO/c8-5-3-4(1-2-11-5)6(12)7(9)10/h1-3,6-7,12H. The van der Waals surface area contributed by atoms with Crippen LogP contribution in [-0.4, -0.2) is 16.5 Å². The first-order valence-corrected chi connectivity index (χ1v) is 3.56. The summed E-state index contributed by atoms with van der Waals surface area (Å²) >= 11 is 5.43. The van der Waals surface area contributed by atoms with E-state index in [4.69, 9.17) is 16.7 Å². The Hall–Kier alpha value is -0.740. The van der Waals surface area contributed by atoms with Gasteiger partial charge in [0.25, 0.3) is 6.43 Å². The molecule has 1 rings (SSSR count). The SMILES string of the molecule is OC(c1ccnc(Cl)c1)C(F)F. The van der Waals surface area contributed by atoms with Crippen LogP contribution in [0.5, 0.6) is 0 Å². The quantitative estimate of drug-likeness (QED) is 0.730. The number of hydrogen-bond acceptors (Lipinski definition) is 2. The predicted octanol–water partition coefficient (Wildman–Crippen LogP) is 2.03. The molecule has 0 amide bonds. The van der Waals surface area contributed by atoms with Gasteiger partial charge in [-0.25, -0.2) is 13.8 Å². The molecule has 1 heterocycles. The number of halogens is 3. The molecule has 1 aromatic heterocycles. The number of aliphatic hydroxyl groups is 1. The highest BCUT2D eigenvalue weighted by Gasteiger charge is 2.18. The molecule has 0 saturated heterocycles. The minimum Gasteiger partial charge on any atom is -0.382 e. The van der Waals surface area contributed by atoms with Gasteiger partial charge < -0.3 is 5.11 Å². The Morgan fingerprint density at radius 2 is 2.17 bits per heavy atom. The number of alkyl halides is 2. The molecule has 12 heavy (non-hydrogen) atoms. The van der Waals surface area contributed by atoms with Gasteiger partial charge in [-0.1, -0.05) is 11.6 Å². The number of nitrogens with zero attached hydrogens (tertiary/aromatic N) is 1. The van der Waals surface area contributed by atoms with Gasteiger partial charge in [-0.3, -0.25) is 0 Å². The highest BCUT2D eigenvalue weighted by atomic mass is 35.5. The first-order valence-electron chi connectivity index (χ1n) is 3.19. The summed E-state index contributed by atoms with van der Waals surface area (Å²) in [5, 5.41) is 8.98. The molecule has 0 aliphatic carbocycles. The Morgan fingerprint density at radius 1 is 1.50 bits per heavy atom. The Bertz CT molecular complexity index is 269. The fourth-order valence-corrected chi connectivity index (χ4v) is 0.929. The number of rotatable bonds is 2. The van der Waals surface area contributed by atoms with Gasteiger partial charge in [-0.15, -0.1) is 0 Å². The molecule has 1 unspecified atom stereocenters. The molecule has 1 aromatic rings. The summed E-state index contributed by atoms with van der Waals surface area (Å²) in [4.78, 5) is 3.59. The van der Waals surface area contributed by atoms with Gasteiger partial charge in [-0.2, -0.15) is 0 Å². The highest BCUT2D eigenvalue weighted by molar-refractivity contribution is 6.29. The van der Waals surface area contributed by atoms with Crippen molar-refractivity contribution in [2.45, 2.75) is 12.5 Å². The molecule has 2 nitrogen and oxygen atoms in total. The van der Waals surface area contributed by atoms with Gasteiger partial charge in [0.05, 0.1) is 0 Å². The highest BCUT2D eigenvalue weighted by Crippen LogP contribution is 2.21. The summed E-state index contributed by atoms with van der Waals surface area (Å²) in [6, 6.07) is 2.50. The smallest absolute Gasteiger partial charge is 0.268 e. The minimum absolute atomic E-state index is 0.0741. The molecular weight excluding hydrogens is 188 g/mol. The molecular formula is C7H6ClF2NO. The van der Waals surface area contributed by atoms with Crippen molar-refractivity contribution < 1.29 is 13.9 Å². The van der Waals surface area contributed by atoms with Gasteiger partial charge in [0.2, 0.25) is 0 Å². The lowest BCUT2D eigenvalue weighted by Crippen LogP contribution is -2.07. The predicted molar refractivity (Wildman–Crippen MR) is 40.2 cm³/mol. The summed E-state index contributed by atoms with van der Waals surface area (Å²) in [5.41, 5.74) is 0.0741. The normalized spacial score (nSPS) is 13.4. The maximum Gasteiger partial charge on any atom is 0.268 e. The number of hydrogen-bond donors (Lipinski definition) is 1. The van der Waals surface area contributed by atoms with E-state index in [0.717, 1.165) is 0 Å². The lowest BCUT2D eigenvalue weighted by atomic mass is 10.1. The summed E-state index contributed by atoms with van der Waals surface area (Å²) in [6.45, 7) is 0. The van der Waals surface area contributed by atoms with E-state index in [1.165, 1.54) is 18.3 Å². The maximum absolute atomic E-state index is 11.9. The summed E-state index contributed by atoms with van der Waals surface area (Å²) in [5.74, 6) is 0. The molecule has 1 atom stereocenters. The Balaban J connectivity index is 2.88. The van der Waals surface area contributed by atoms with Gasteiger partial charge >= 0.3 is 0 Å². The zero-order chi connectivity index (χ0) is 9.14. The van der Waals surface area contributed by atoms with Crippen molar-refractivity contribution >= 4 is 11.6 Å². The first kappa shape index (κ1) is 9.35. The number of pyridine rings is 1. The van der Waals surface area contributed by atoms with Crippen molar-refractivity contribution in [3.8, 4) is 0 Å². The third-order valence-electron chi connectivity index (χ3n) is 1.33. The van der Waals surface area contributed by atoms with Crippen LogP contribution in [0.25, 0.3) is 0 Å². The number of aliphatic hydroxyl groups excluding tert-OH is 1. The third kappa shape index (κ3) is 2.12. The van der Waals surface area contributed by atoms with Crippen molar-refractivity contribution in [3.63, 3.8) is 0 Å². The van der Waals surface area contributed by atoms with Crippen LogP contribution in [0.1, 0.15) is 11.7 Å². The second kappa shape index (κ2) is 3.78. The van der Waals surface area contributed by atoms with E-state index in [-0.39, 0.29) is 10.7 Å². The summed E-state index contributed by atoms with van der Waals surface area (Å²) < 4.78 is 23.9. The van der Waals surface area contributed by atoms with Crippen molar-refractivity contribution in [2.24, 2.45) is 0 Å². The number of aromatic nitrogens is 1. The fourth-order valence-electron chi connectivity index (χ4n) is 0.747. The van der Waals surface area contributed by atoms with Crippen molar-refractivity contribution in [2.75, 3.05) is 0 Å². The average Bonchev–Trinajstić information content (AvgIpc) is 2.03. The van der Waals surface area contributed by atoms with E-state index in [2.05, 4.69) is 4.98 Å². The van der Waals surface area contributed by atoms with E-state index in [1.54, 1.807) is 0 Å². The van der Waals surface area contributed by atoms with Gasteiger partial charge in [-0.05, 0) is 17.7 Å². The Morgan fingerprint density at radius 3 is 2.67 bits per heavy atom. The van der Waals surface area contributed by atoms with Crippen molar-refractivity contribution in [1.82, 2.24) is 4.98 Å². The molecule has 0 aromatic carbocycles. The van der Waals surface area contributed by atoms with Crippen LogP contribution in [0, 0.1) is 0 Å². The van der Waals surface area contributed by atoms with Crippen LogP contribution >= 0.6 is 11.6 Å². The van der Waals surface area contributed by atoms with Crippen LogP contribution in [0.2, 0.25) is 5.15 Å². The van der Waals surface area contributed by atoms with Crippen LogP contribution in [0.3, 0.4) is 0 Å². The largest absolute Gasteiger partial charge is 0.382 e. The lowest BCUT2D eigenvalue weighted by Gasteiger charge is -2.08. The van der Waals surface area contributed by atoms with Crippen molar-refractivity contribution in [3.05, 3.63) is 29.0 Å². The molecule has 0 fully saturated rings. The lowest BCUT2D eigenvalue weighted by molar-refractivity contribution is -0.00581. The van der Waals surface area contributed by atoms with Crippen molar-refractivity contribution in [1.29, 1.82) is 0 Å². The zero-order valence-corrected chi connectivity index (χ0v) is 6.67. The minimum atomic E-state index is -2.80. The molecule has 0 aliphatic heterocycles. The van der Waals surface area contributed by atoms with Crippen LogP contribution in [0.15, 0.2) is 18.3 Å². The molecule has 0 saturated carbocycles. The molecule has 66 valence electrons. The van der Waals surface area contributed by atoms with Gasteiger partial charge in [0, 0.05) is 6.20 Å². The zero-order valence-electron chi connectivity index (χ0n) is 5.92. The second-order valence-corrected chi connectivity index (χ2v) is 2.58. The molecule has 1 N–H and O–H groups in total. The Kier molecular flexibility index (Phi) is 2.94. The summed E-state index contributed by atoms with van der Waals surface area (Å²) in [6.07, 6.45) is -3.32. The van der Waals surface area contributed by atoms with Gasteiger partial charge in [0.15, 0.2) is 0 Å². The van der Waals surface area contributed by atoms with Gasteiger partial charge in [0.1, 0.15) is 11.3 Å². The maximum atomic E-state index is 11.9. The topological polar surface area (TPSA) is 33.1 Å². The monoisotopic (exact) mass is 193 g/mol. The molecule has 0 bridgehead atoms.